The fourth-order valence-electron chi connectivity index (χ4n) is 1.66. The normalized spacial score (nSPS) is 14.9. The van der Waals surface area contributed by atoms with Gasteiger partial charge in [-0.2, -0.15) is 0 Å². The van der Waals surface area contributed by atoms with Gasteiger partial charge in [0.1, 0.15) is 10.8 Å². The number of thiophene rings is 1. The standard InChI is InChI=1S/C12H15N3OS2/c1-16-9-6-10(17-7-9)12-15-14-11(18-12)4-5-13-8-2-3-8/h6-8,13H,2-5H2,1H3. The molecule has 0 atom stereocenters. The van der Waals surface area contributed by atoms with Gasteiger partial charge in [-0.1, -0.05) is 11.3 Å². The Bertz CT molecular complexity index is 519. The third-order valence-corrected chi connectivity index (χ3v) is 4.90. The predicted octanol–water partition coefficient (Wildman–Crippen LogP) is 2.57. The zero-order chi connectivity index (χ0) is 12.4. The monoisotopic (exact) mass is 281 g/mol. The summed E-state index contributed by atoms with van der Waals surface area (Å²) in [7, 11) is 1.68. The van der Waals surface area contributed by atoms with Crippen LogP contribution in [0.5, 0.6) is 5.75 Å². The highest BCUT2D eigenvalue weighted by atomic mass is 32.1. The van der Waals surface area contributed by atoms with Crippen LogP contribution in [0.4, 0.5) is 0 Å². The molecule has 1 N–H and O–H groups in total. The smallest absolute Gasteiger partial charge is 0.157 e. The quantitative estimate of drug-likeness (QED) is 0.884. The van der Waals surface area contributed by atoms with E-state index in [2.05, 4.69) is 15.5 Å². The van der Waals surface area contributed by atoms with Gasteiger partial charge in [-0.25, -0.2) is 0 Å². The Kier molecular flexibility index (Phi) is 3.58. The van der Waals surface area contributed by atoms with E-state index in [1.165, 1.54) is 12.8 Å². The Morgan fingerprint density at radius 2 is 2.33 bits per heavy atom. The first kappa shape index (κ1) is 12.1. The first-order valence-corrected chi connectivity index (χ1v) is 7.73. The van der Waals surface area contributed by atoms with Gasteiger partial charge in [0.2, 0.25) is 0 Å². The van der Waals surface area contributed by atoms with Crippen LogP contribution in [0.3, 0.4) is 0 Å². The third-order valence-electron chi connectivity index (χ3n) is 2.84. The summed E-state index contributed by atoms with van der Waals surface area (Å²) in [6.07, 6.45) is 3.63. The summed E-state index contributed by atoms with van der Waals surface area (Å²) in [4.78, 5) is 1.13. The highest BCUT2D eigenvalue weighted by molar-refractivity contribution is 7.20. The molecule has 4 nitrogen and oxygen atoms in total. The van der Waals surface area contributed by atoms with Crippen LogP contribution < -0.4 is 10.1 Å². The van der Waals surface area contributed by atoms with Crippen molar-refractivity contribution in [1.82, 2.24) is 15.5 Å². The minimum atomic E-state index is 0.763. The van der Waals surface area contributed by atoms with Gasteiger partial charge >= 0.3 is 0 Å². The van der Waals surface area contributed by atoms with Crippen molar-refractivity contribution in [2.24, 2.45) is 0 Å². The van der Waals surface area contributed by atoms with E-state index in [0.29, 0.717) is 0 Å². The SMILES string of the molecule is COc1csc(-c2nnc(CCNC3CC3)s2)c1. The van der Waals surface area contributed by atoms with E-state index in [4.69, 9.17) is 4.74 Å². The number of nitrogens with zero attached hydrogens (tertiary/aromatic N) is 2. The van der Waals surface area contributed by atoms with Gasteiger partial charge in [0.25, 0.3) is 0 Å². The van der Waals surface area contributed by atoms with Crippen LogP contribution in [0, 0.1) is 0 Å². The number of hydrogen-bond donors (Lipinski definition) is 1. The molecular formula is C12H15N3OS2. The summed E-state index contributed by atoms with van der Waals surface area (Å²) < 4.78 is 5.18. The van der Waals surface area contributed by atoms with Gasteiger partial charge in [0, 0.05) is 30.5 Å². The molecule has 0 radical (unpaired) electrons. The minimum Gasteiger partial charge on any atom is -0.496 e. The molecule has 0 unspecified atom stereocenters. The number of rotatable bonds is 6. The molecule has 0 bridgehead atoms. The molecule has 1 saturated carbocycles. The lowest BCUT2D eigenvalue weighted by Crippen LogP contribution is -2.19. The molecule has 96 valence electrons. The maximum absolute atomic E-state index is 5.18. The molecule has 1 aliphatic carbocycles. The van der Waals surface area contributed by atoms with Crippen LogP contribution in [0.15, 0.2) is 11.4 Å². The van der Waals surface area contributed by atoms with E-state index in [1.54, 1.807) is 29.8 Å². The van der Waals surface area contributed by atoms with Gasteiger partial charge < -0.3 is 10.1 Å². The molecular weight excluding hydrogens is 266 g/mol. The lowest BCUT2D eigenvalue weighted by molar-refractivity contribution is 0.417. The molecule has 1 aliphatic rings. The second-order valence-electron chi connectivity index (χ2n) is 4.33. The van der Waals surface area contributed by atoms with Crippen LogP contribution >= 0.6 is 22.7 Å². The van der Waals surface area contributed by atoms with Crippen molar-refractivity contribution in [1.29, 1.82) is 0 Å². The minimum absolute atomic E-state index is 0.763. The maximum Gasteiger partial charge on any atom is 0.157 e. The van der Waals surface area contributed by atoms with Crippen molar-refractivity contribution in [3.8, 4) is 15.6 Å². The second-order valence-corrected chi connectivity index (χ2v) is 6.30. The Morgan fingerprint density at radius 1 is 1.44 bits per heavy atom. The van der Waals surface area contributed by atoms with Gasteiger partial charge in [0.15, 0.2) is 5.01 Å². The van der Waals surface area contributed by atoms with Gasteiger partial charge in [-0.05, 0) is 12.8 Å². The fourth-order valence-corrected chi connectivity index (χ4v) is 3.42. The highest BCUT2D eigenvalue weighted by Gasteiger charge is 2.20. The molecule has 6 heteroatoms. The largest absolute Gasteiger partial charge is 0.496 e. The lowest BCUT2D eigenvalue weighted by atomic mass is 10.4. The Labute approximate surface area is 114 Å². The van der Waals surface area contributed by atoms with E-state index in [9.17, 15) is 0 Å². The third kappa shape index (κ3) is 2.88. The molecule has 1 fully saturated rings. The lowest BCUT2D eigenvalue weighted by Gasteiger charge is -1.97. The number of ether oxygens (including phenoxy) is 1. The first-order chi connectivity index (χ1) is 8.85. The molecule has 2 heterocycles. The van der Waals surface area contributed by atoms with Crippen LogP contribution in [0.1, 0.15) is 17.8 Å². The van der Waals surface area contributed by atoms with Crippen molar-refractivity contribution in [3.63, 3.8) is 0 Å². The Balaban J connectivity index is 1.60. The van der Waals surface area contributed by atoms with Crippen molar-refractivity contribution in [2.45, 2.75) is 25.3 Å². The fraction of sp³-hybridized carbons (Fsp3) is 0.500. The van der Waals surface area contributed by atoms with Crippen LogP contribution in [0.25, 0.3) is 9.88 Å². The number of methoxy groups -OCH3 is 1. The molecule has 0 amide bonds. The molecule has 0 aliphatic heterocycles. The molecule has 0 aromatic carbocycles. The van der Waals surface area contributed by atoms with Crippen LogP contribution in [-0.2, 0) is 6.42 Å². The summed E-state index contributed by atoms with van der Waals surface area (Å²) >= 11 is 3.32. The van der Waals surface area contributed by atoms with Crippen molar-refractivity contribution >= 4 is 22.7 Å². The molecule has 2 aromatic rings. The molecule has 2 aromatic heterocycles. The highest BCUT2D eigenvalue weighted by Crippen LogP contribution is 2.32. The number of aromatic nitrogens is 2. The summed E-state index contributed by atoms with van der Waals surface area (Å²) in [5, 5.41) is 16.1. The van der Waals surface area contributed by atoms with Gasteiger partial charge in [-0.3, -0.25) is 0 Å². The second kappa shape index (κ2) is 5.34. The average Bonchev–Trinajstić information content (AvgIpc) is 2.92. The maximum atomic E-state index is 5.18. The number of nitrogens with one attached hydrogen (secondary N) is 1. The molecule has 0 spiro atoms. The van der Waals surface area contributed by atoms with Crippen LogP contribution in [0.2, 0.25) is 0 Å². The zero-order valence-corrected chi connectivity index (χ0v) is 11.8. The summed E-state index contributed by atoms with van der Waals surface area (Å²) in [5.74, 6) is 0.891. The van der Waals surface area contributed by atoms with Crippen molar-refractivity contribution < 1.29 is 4.74 Å². The topological polar surface area (TPSA) is 47.0 Å². The molecule has 0 saturated heterocycles. The van der Waals surface area contributed by atoms with Gasteiger partial charge in [0.05, 0.1) is 12.0 Å². The van der Waals surface area contributed by atoms with E-state index in [-0.39, 0.29) is 0 Å². The van der Waals surface area contributed by atoms with Crippen molar-refractivity contribution in [3.05, 3.63) is 16.5 Å². The first-order valence-electron chi connectivity index (χ1n) is 6.04. The summed E-state index contributed by atoms with van der Waals surface area (Å²) in [6.45, 7) is 1.01. The van der Waals surface area contributed by atoms with Gasteiger partial charge in [-0.15, -0.1) is 21.5 Å². The number of hydrogen-bond acceptors (Lipinski definition) is 6. The zero-order valence-electron chi connectivity index (χ0n) is 10.2. The van der Waals surface area contributed by atoms with E-state index in [1.807, 2.05) is 11.4 Å². The predicted molar refractivity (Wildman–Crippen MR) is 74.5 cm³/mol. The Hall–Kier alpha value is -0.980. The van der Waals surface area contributed by atoms with E-state index < -0.39 is 0 Å². The summed E-state index contributed by atoms with van der Waals surface area (Å²) in [5.41, 5.74) is 0. The van der Waals surface area contributed by atoms with Crippen molar-refractivity contribution in [2.75, 3.05) is 13.7 Å². The van der Waals surface area contributed by atoms with Crippen LogP contribution in [-0.4, -0.2) is 29.9 Å². The van der Waals surface area contributed by atoms with E-state index in [0.717, 1.165) is 39.6 Å². The average molecular weight is 281 g/mol. The molecule has 18 heavy (non-hydrogen) atoms. The summed E-state index contributed by atoms with van der Waals surface area (Å²) in [6, 6.07) is 2.77. The molecule has 3 rings (SSSR count). The Morgan fingerprint density at radius 3 is 3.06 bits per heavy atom. The van der Waals surface area contributed by atoms with E-state index >= 15 is 0 Å².